The number of nitrogens with zero attached hydrogens (tertiary/aromatic N) is 1. The first-order chi connectivity index (χ1) is 9.10. The first-order valence-corrected chi connectivity index (χ1v) is 7.19. The van der Waals surface area contributed by atoms with Gasteiger partial charge in [0.05, 0.1) is 12.3 Å². The molecule has 0 atom stereocenters. The molecule has 0 aliphatic rings. The highest BCUT2D eigenvalue weighted by molar-refractivity contribution is 6.29. The molecule has 0 N–H and O–H groups in total. The number of anilines is 1. The van der Waals surface area contributed by atoms with E-state index < -0.39 is 0 Å². The van der Waals surface area contributed by atoms with Gasteiger partial charge in [-0.25, -0.2) is 0 Å². The van der Waals surface area contributed by atoms with Gasteiger partial charge in [0.2, 0.25) is 5.91 Å². The molecule has 0 unspecified atom stereocenters. The fraction of sp³-hybridized carbons (Fsp3) is 0.533. The second-order valence-electron chi connectivity index (χ2n) is 4.61. The van der Waals surface area contributed by atoms with Crippen molar-refractivity contribution in [2.24, 2.45) is 0 Å². The van der Waals surface area contributed by atoms with E-state index in [2.05, 4.69) is 6.92 Å². The van der Waals surface area contributed by atoms with Gasteiger partial charge in [-0.15, -0.1) is 11.6 Å². The molecular weight excluding hydrogens is 262 g/mol. The predicted octanol–water partition coefficient (Wildman–Crippen LogP) is 3.77. The smallest absolute Gasteiger partial charge is 0.241 e. The van der Waals surface area contributed by atoms with Crippen LogP contribution < -0.4 is 9.64 Å². The van der Waals surface area contributed by atoms with Crippen LogP contribution in [0.3, 0.4) is 0 Å². The normalized spacial score (nSPS) is 10.3. The van der Waals surface area contributed by atoms with E-state index in [9.17, 15) is 4.79 Å². The van der Waals surface area contributed by atoms with E-state index >= 15 is 0 Å². The van der Waals surface area contributed by atoms with Crippen molar-refractivity contribution in [2.75, 3.05) is 24.4 Å². The van der Waals surface area contributed by atoms with Crippen molar-refractivity contribution in [3.05, 3.63) is 23.8 Å². The first-order valence-electron chi connectivity index (χ1n) is 6.66. The number of amides is 1. The summed E-state index contributed by atoms with van der Waals surface area (Å²) in [5, 5.41) is 0. The number of halogens is 1. The Hall–Kier alpha value is -1.22. The summed E-state index contributed by atoms with van der Waals surface area (Å²) >= 11 is 5.60. The number of hydrogen-bond acceptors (Lipinski definition) is 2. The second-order valence-corrected chi connectivity index (χ2v) is 4.88. The number of benzene rings is 1. The van der Waals surface area contributed by atoms with E-state index in [0.717, 1.165) is 36.3 Å². The van der Waals surface area contributed by atoms with E-state index in [0.29, 0.717) is 6.61 Å². The van der Waals surface area contributed by atoms with Gasteiger partial charge in [0, 0.05) is 7.05 Å². The largest absolute Gasteiger partial charge is 0.491 e. The molecule has 0 saturated carbocycles. The standard InChI is InChI=1S/C15H22ClNO2/c1-4-5-6-9-19-14-8-7-12(2)10-13(14)17(3)15(18)11-16/h7-8,10H,4-6,9,11H2,1-3H3. The van der Waals surface area contributed by atoms with Gasteiger partial charge in [0.1, 0.15) is 11.6 Å². The van der Waals surface area contributed by atoms with Crippen molar-refractivity contribution in [2.45, 2.75) is 33.1 Å². The van der Waals surface area contributed by atoms with E-state index in [1.807, 2.05) is 25.1 Å². The van der Waals surface area contributed by atoms with Gasteiger partial charge in [-0.05, 0) is 31.0 Å². The van der Waals surface area contributed by atoms with Crippen LogP contribution in [0, 0.1) is 6.92 Å². The molecule has 0 aliphatic heterocycles. The molecular formula is C15H22ClNO2. The third-order valence-corrected chi connectivity index (χ3v) is 3.20. The van der Waals surface area contributed by atoms with Crippen LogP contribution in [0.4, 0.5) is 5.69 Å². The minimum atomic E-state index is -0.134. The zero-order valence-corrected chi connectivity index (χ0v) is 12.7. The van der Waals surface area contributed by atoms with Gasteiger partial charge >= 0.3 is 0 Å². The van der Waals surface area contributed by atoms with E-state index in [-0.39, 0.29) is 11.8 Å². The minimum absolute atomic E-state index is 0.0281. The Balaban J connectivity index is 2.82. The van der Waals surface area contributed by atoms with Crippen LogP contribution in [0.2, 0.25) is 0 Å². The van der Waals surface area contributed by atoms with Crippen LogP contribution in [-0.4, -0.2) is 25.4 Å². The third kappa shape index (κ3) is 4.75. The number of alkyl halides is 1. The lowest BCUT2D eigenvalue weighted by molar-refractivity contribution is -0.116. The van der Waals surface area contributed by atoms with E-state index in [1.54, 1.807) is 11.9 Å². The first kappa shape index (κ1) is 15.8. The Morgan fingerprint density at radius 2 is 2.11 bits per heavy atom. The van der Waals surface area contributed by atoms with Crippen LogP contribution in [0.1, 0.15) is 31.7 Å². The Morgan fingerprint density at radius 3 is 2.74 bits per heavy atom. The van der Waals surface area contributed by atoms with Crippen molar-refractivity contribution in [1.29, 1.82) is 0 Å². The fourth-order valence-corrected chi connectivity index (χ4v) is 1.95. The van der Waals surface area contributed by atoms with Crippen molar-refractivity contribution >= 4 is 23.2 Å². The van der Waals surface area contributed by atoms with Crippen LogP contribution in [0.25, 0.3) is 0 Å². The lowest BCUT2D eigenvalue weighted by Crippen LogP contribution is -2.27. The zero-order chi connectivity index (χ0) is 14.3. The maximum absolute atomic E-state index is 11.7. The summed E-state index contributed by atoms with van der Waals surface area (Å²) in [5.74, 6) is 0.577. The molecule has 0 saturated heterocycles. The Kier molecular flexibility index (Phi) is 6.71. The van der Waals surface area contributed by atoms with Gasteiger partial charge in [-0.1, -0.05) is 25.8 Å². The van der Waals surface area contributed by atoms with E-state index in [1.165, 1.54) is 0 Å². The van der Waals surface area contributed by atoms with Crippen LogP contribution in [0.5, 0.6) is 5.75 Å². The van der Waals surface area contributed by atoms with Gasteiger partial charge in [0.15, 0.2) is 0 Å². The molecule has 106 valence electrons. The number of ether oxygens (including phenoxy) is 1. The summed E-state index contributed by atoms with van der Waals surface area (Å²) in [5.41, 5.74) is 1.87. The number of unbranched alkanes of at least 4 members (excludes halogenated alkanes) is 2. The number of carbonyl (C=O) groups is 1. The molecule has 0 fully saturated rings. The van der Waals surface area contributed by atoms with Crippen LogP contribution in [-0.2, 0) is 4.79 Å². The lowest BCUT2D eigenvalue weighted by atomic mass is 10.2. The molecule has 0 spiro atoms. The molecule has 3 nitrogen and oxygen atoms in total. The number of hydrogen-bond donors (Lipinski definition) is 0. The van der Waals surface area contributed by atoms with Crippen LogP contribution >= 0.6 is 11.6 Å². The maximum Gasteiger partial charge on any atom is 0.241 e. The maximum atomic E-state index is 11.7. The monoisotopic (exact) mass is 283 g/mol. The summed E-state index contributed by atoms with van der Waals surface area (Å²) < 4.78 is 5.77. The molecule has 1 amide bonds. The number of aryl methyl sites for hydroxylation is 1. The Bertz CT molecular complexity index is 421. The highest BCUT2D eigenvalue weighted by Gasteiger charge is 2.14. The molecule has 0 bridgehead atoms. The fourth-order valence-electron chi connectivity index (χ4n) is 1.77. The highest BCUT2D eigenvalue weighted by atomic mass is 35.5. The van der Waals surface area contributed by atoms with Gasteiger partial charge < -0.3 is 9.64 Å². The topological polar surface area (TPSA) is 29.5 Å². The van der Waals surface area contributed by atoms with Crippen molar-refractivity contribution in [1.82, 2.24) is 0 Å². The van der Waals surface area contributed by atoms with Crippen molar-refractivity contribution < 1.29 is 9.53 Å². The molecule has 1 rings (SSSR count). The summed E-state index contributed by atoms with van der Waals surface area (Å²) in [6.45, 7) is 4.82. The zero-order valence-electron chi connectivity index (χ0n) is 11.9. The summed E-state index contributed by atoms with van der Waals surface area (Å²) in [6.07, 6.45) is 3.34. The molecule has 1 aromatic rings. The summed E-state index contributed by atoms with van der Waals surface area (Å²) in [4.78, 5) is 13.2. The molecule has 19 heavy (non-hydrogen) atoms. The average molecular weight is 284 g/mol. The van der Waals surface area contributed by atoms with Gasteiger partial charge in [0.25, 0.3) is 0 Å². The van der Waals surface area contributed by atoms with E-state index in [4.69, 9.17) is 16.3 Å². The quantitative estimate of drug-likeness (QED) is 0.563. The van der Waals surface area contributed by atoms with Crippen LogP contribution in [0.15, 0.2) is 18.2 Å². The van der Waals surface area contributed by atoms with Gasteiger partial charge in [-0.3, -0.25) is 4.79 Å². The summed E-state index contributed by atoms with van der Waals surface area (Å²) in [6, 6.07) is 5.84. The molecule has 0 aliphatic carbocycles. The number of carbonyl (C=O) groups excluding carboxylic acids is 1. The molecule has 1 aromatic carbocycles. The molecule has 4 heteroatoms. The molecule has 0 aromatic heterocycles. The van der Waals surface area contributed by atoms with Gasteiger partial charge in [-0.2, -0.15) is 0 Å². The average Bonchev–Trinajstić information content (AvgIpc) is 2.43. The Labute approximate surface area is 120 Å². The summed E-state index contributed by atoms with van der Waals surface area (Å²) in [7, 11) is 1.72. The lowest BCUT2D eigenvalue weighted by Gasteiger charge is -2.20. The molecule has 0 heterocycles. The highest BCUT2D eigenvalue weighted by Crippen LogP contribution is 2.29. The Morgan fingerprint density at radius 1 is 1.37 bits per heavy atom. The van der Waals surface area contributed by atoms with Crippen molar-refractivity contribution in [3.8, 4) is 5.75 Å². The number of rotatable bonds is 7. The SMILES string of the molecule is CCCCCOc1ccc(C)cc1N(C)C(=O)CCl. The second kappa shape index (κ2) is 8.05. The molecule has 0 radical (unpaired) electrons. The predicted molar refractivity (Wildman–Crippen MR) is 80.3 cm³/mol. The third-order valence-electron chi connectivity index (χ3n) is 2.97. The van der Waals surface area contributed by atoms with Crippen molar-refractivity contribution in [3.63, 3.8) is 0 Å². The minimum Gasteiger partial charge on any atom is -0.491 e.